The van der Waals surface area contributed by atoms with E-state index >= 15 is 0 Å². The third-order valence-electron chi connectivity index (χ3n) is 4.04. The molecule has 1 amide bonds. The third-order valence-corrected chi connectivity index (χ3v) is 4.04. The van der Waals surface area contributed by atoms with Crippen LogP contribution in [0, 0.1) is 17.8 Å². The van der Waals surface area contributed by atoms with E-state index in [1.54, 1.807) is 0 Å². The first-order valence-corrected chi connectivity index (χ1v) is 7.58. The van der Waals surface area contributed by atoms with E-state index in [9.17, 15) is 22.8 Å². The average molecular weight is 348 g/mol. The number of carboxylic acid groups (broad SMARTS) is 1. The van der Waals surface area contributed by atoms with Crippen molar-refractivity contribution < 1.29 is 27.9 Å². The molecular weight excluding hydrogens is 329 g/mol. The summed E-state index contributed by atoms with van der Waals surface area (Å²) in [6.07, 6.45) is -2.48. The van der Waals surface area contributed by atoms with Crippen molar-refractivity contribution in [1.82, 2.24) is 19.9 Å². The molecule has 0 radical (unpaired) electrons. The van der Waals surface area contributed by atoms with Gasteiger partial charge in [-0.1, -0.05) is 19.1 Å². The van der Waals surface area contributed by atoms with Crippen LogP contribution in [-0.4, -0.2) is 56.1 Å². The van der Waals surface area contributed by atoms with Crippen molar-refractivity contribution in [2.75, 3.05) is 13.1 Å². The van der Waals surface area contributed by atoms with Crippen molar-refractivity contribution in [2.24, 2.45) is 17.8 Å². The molecule has 0 unspecified atom stereocenters. The lowest BCUT2D eigenvalue weighted by molar-refractivity contribution is -0.187. The number of aromatic nitrogens is 3. The summed E-state index contributed by atoms with van der Waals surface area (Å²) in [5.74, 6) is -5.60. The molecule has 1 N–H and O–H groups in total. The molecule has 24 heavy (non-hydrogen) atoms. The highest BCUT2D eigenvalue weighted by Gasteiger charge is 2.53. The summed E-state index contributed by atoms with van der Waals surface area (Å²) in [7, 11) is 0. The van der Waals surface area contributed by atoms with Gasteiger partial charge in [0.1, 0.15) is 0 Å². The van der Waals surface area contributed by atoms with Crippen LogP contribution in [0.2, 0.25) is 0 Å². The molecule has 1 fully saturated rings. The van der Waals surface area contributed by atoms with Crippen LogP contribution >= 0.6 is 0 Å². The van der Waals surface area contributed by atoms with Crippen LogP contribution in [0.15, 0.2) is 6.20 Å². The van der Waals surface area contributed by atoms with Gasteiger partial charge in [0, 0.05) is 19.6 Å². The fraction of sp³-hybridized carbons (Fsp3) is 0.714. The minimum atomic E-state index is -4.67. The van der Waals surface area contributed by atoms with Crippen LogP contribution in [0.4, 0.5) is 13.2 Å². The number of carbonyl (C=O) groups excluding carboxylic acids is 1. The number of halogens is 3. The SMILES string of the molecule is CC(C)CCn1cc(C(=O)N2C[C@@H](C(F)(F)F)[C@H](C(=O)O)C2)nn1. The quantitative estimate of drug-likeness (QED) is 0.874. The molecule has 2 rings (SSSR count). The van der Waals surface area contributed by atoms with E-state index in [1.807, 2.05) is 13.8 Å². The normalized spacial score (nSPS) is 21.5. The second kappa shape index (κ2) is 6.78. The van der Waals surface area contributed by atoms with Crippen LogP contribution in [-0.2, 0) is 11.3 Å². The lowest BCUT2D eigenvalue weighted by Crippen LogP contribution is -2.34. The lowest BCUT2D eigenvalue weighted by Gasteiger charge is -2.17. The van der Waals surface area contributed by atoms with Gasteiger partial charge in [0.25, 0.3) is 5.91 Å². The van der Waals surface area contributed by atoms with Gasteiger partial charge in [-0.15, -0.1) is 5.10 Å². The number of carboxylic acids is 1. The van der Waals surface area contributed by atoms with E-state index in [1.165, 1.54) is 10.9 Å². The number of aliphatic carboxylic acids is 1. The van der Waals surface area contributed by atoms with Crippen molar-refractivity contribution in [3.8, 4) is 0 Å². The number of likely N-dealkylation sites (tertiary alicyclic amines) is 1. The van der Waals surface area contributed by atoms with Crippen molar-refractivity contribution in [2.45, 2.75) is 33.0 Å². The van der Waals surface area contributed by atoms with Crippen LogP contribution in [0.3, 0.4) is 0 Å². The average Bonchev–Trinajstić information content (AvgIpc) is 3.11. The Morgan fingerprint density at radius 2 is 2.04 bits per heavy atom. The predicted molar refractivity (Wildman–Crippen MR) is 76.1 cm³/mol. The molecule has 0 bridgehead atoms. The minimum Gasteiger partial charge on any atom is -0.481 e. The molecule has 2 atom stereocenters. The molecule has 0 saturated carbocycles. The Labute approximate surface area is 136 Å². The zero-order valence-electron chi connectivity index (χ0n) is 13.3. The molecule has 1 aromatic rings. The van der Waals surface area contributed by atoms with Crippen molar-refractivity contribution >= 4 is 11.9 Å². The van der Waals surface area contributed by atoms with Gasteiger partial charge >= 0.3 is 12.1 Å². The molecule has 1 aliphatic heterocycles. The Bertz CT molecular complexity index is 615. The van der Waals surface area contributed by atoms with Crippen LogP contribution in [0.25, 0.3) is 0 Å². The van der Waals surface area contributed by atoms with Crippen molar-refractivity contribution in [3.05, 3.63) is 11.9 Å². The van der Waals surface area contributed by atoms with Gasteiger partial charge < -0.3 is 10.0 Å². The predicted octanol–water partition coefficient (Wildman–Crippen LogP) is 1.66. The summed E-state index contributed by atoms with van der Waals surface area (Å²) in [6, 6.07) is 0. The molecular formula is C14H19F3N4O3. The van der Waals surface area contributed by atoms with Crippen LogP contribution in [0.1, 0.15) is 30.8 Å². The Balaban J connectivity index is 2.09. The fourth-order valence-electron chi connectivity index (χ4n) is 2.61. The van der Waals surface area contributed by atoms with E-state index in [0.29, 0.717) is 12.5 Å². The monoisotopic (exact) mass is 348 g/mol. The molecule has 10 heteroatoms. The highest BCUT2D eigenvalue weighted by atomic mass is 19.4. The summed E-state index contributed by atoms with van der Waals surface area (Å²) < 4.78 is 40.3. The Morgan fingerprint density at radius 1 is 1.38 bits per heavy atom. The molecule has 1 saturated heterocycles. The summed E-state index contributed by atoms with van der Waals surface area (Å²) in [5, 5.41) is 16.4. The Hall–Kier alpha value is -2.13. The van der Waals surface area contributed by atoms with Gasteiger partial charge in [-0.3, -0.25) is 14.3 Å². The second-order valence-electron chi connectivity index (χ2n) is 6.35. The highest BCUT2D eigenvalue weighted by Crippen LogP contribution is 2.38. The number of carbonyl (C=O) groups is 2. The van der Waals surface area contributed by atoms with Crippen molar-refractivity contribution in [3.63, 3.8) is 0 Å². The van der Waals surface area contributed by atoms with Crippen LogP contribution < -0.4 is 0 Å². The molecule has 1 aliphatic rings. The van der Waals surface area contributed by atoms with E-state index in [2.05, 4.69) is 10.3 Å². The zero-order chi connectivity index (χ0) is 18.1. The first-order chi connectivity index (χ1) is 11.1. The van der Waals surface area contributed by atoms with Crippen molar-refractivity contribution in [1.29, 1.82) is 0 Å². The Kier molecular flexibility index (Phi) is 5.14. The molecule has 2 heterocycles. The van der Waals surface area contributed by atoms with E-state index < -0.39 is 43.0 Å². The first-order valence-electron chi connectivity index (χ1n) is 7.58. The summed E-state index contributed by atoms with van der Waals surface area (Å²) in [4.78, 5) is 24.2. The summed E-state index contributed by atoms with van der Waals surface area (Å²) >= 11 is 0. The van der Waals surface area contributed by atoms with Gasteiger partial charge in [-0.25, -0.2) is 0 Å². The number of alkyl halides is 3. The summed E-state index contributed by atoms with van der Waals surface area (Å²) in [6.45, 7) is 3.42. The lowest BCUT2D eigenvalue weighted by atomic mass is 9.96. The summed E-state index contributed by atoms with van der Waals surface area (Å²) in [5.41, 5.74) is -0.0780. The second-order valence-corrected chi connectivity index (χ2v) is 6.35. The maximum absolute atomic E-state index is 13.0. The van der Waals surface area contributed by atoms with E-state index in [-0.39, 0.29) is 5.69 Å². The minimum absolute atomic E-state index is 0.0780. The van der Waals surface area contributed by atoms with Gasteiger partial charge in [0.05, 0.1) is 18.0 Å². The largest absolute Gasteiger partial charge is 0.481 e. The molecule has 0 spiro atoms. The third kappa shape index (κ3) is 4.04. The van der Waals surface area contributed by atoms with E-state index in [0.717, 1.165) is 11.3 Å². The van der Waals surface area contributed by atoms with Crippen LogP contribution in [0.5, 0.6) is 0 Å². The van der Waals surface area contributed by atoms with Gasteiger partial charge in [0.15, 0.2) is 5.69 Å². The highest BCUT2D eigenvalue weighted by molar-refractivity contribution is 5.92. The zero-order valence-corrected chi connectivity index (χ0v) is 13.3. The topological polar surface area (TPSA) is 88.3 Å². The number of hydrogen-bond acceptors (Lipinski definition) is 4. The van der Waals surface area contributed by atoms with E-state index in [4.69, 9.17) is 5.11 Å². The number of nitrogens with zero attached hydrogens (tertiary/aromatic N) is 4. The molecule has 1 aromatic heterocycles. The van der Waals surface area contributed by atoms with Gasteiger partial charge in [-0.2, -0.15) is 13.2 Å². The number of hydrogen-bond donors (Lipinski definition) is 1. The molecule has 134 valence electrons. The van der Waals surface area contributed by atoms with Gasteiger partial charge in [0.2, 0.25) is 0 Å². The smallest absolute Gasteiger partial charge is 0.394 e. The first kappa shape index (κ1) is 18.2. The number of rotatable bonds is 5. The maximum Gasteiger partial charge on any atom is 0.394 e. The van der Waals surface area contributed by atoms with Gasteiger partial charge in [-0.05, 0) is 12.3 Å². The fourth-order valence-corrected chi connectivity index (χ4v) is 2.61. The Morgan fingerprint density at radius 3 is 2.54 bits per heavy atom. The molecule has 0 aliphatic carbocycles. The number of aryl methyl sites for hydroxylation is 1. The molecule has 7 nitrogen and oxygen atoms in total. The molecule has 0 aromatic carbocycles. The number of amides is 1. The maximum atomic E-state index is 13.0. The standard InChI is InChI=1S/C14H19F3N4O3/c1-8(2)3-4-21-7-11(18-19-21)12(22)20-5-9(13(23)24)10(6-20)14(15,16)17/h7-10H,3-6H2,1-2H3,(H,23,24)/t9-,10-/m1/s1.